The van der Waals surface area contributed by atoms with E-state index in [1.165, 1.54) is 6.42 Å². The van der Waals surface area contributed by atoms with E-state index in [0.717, 1.165) is 18.7 Å². The molecule has 2 rings (SSSR count). The fourth-order valence-corrected chi connectivity index (χ4v) is 1.99. The Hall–Kier alpha value is -1.42. The van der Waals surface area contributed by atoms with Crippen molar-refractivity contribution in [1.82, 2.24) is 4.90 Å². The highest BCUT2D eigenvalue weighted by Gasteiger charge is 2.15. The van der Waals surface area contributed by atoms with Crippen LogP contribution in [-0.2, 0) is 6.54 Å². The monoisotopic (exact) mass is 267 g/mol. The summed E-state index contributed by atoms with van der Waals surface area (Å²) in [6.45, 7) is 5.12. The summed E-state index contributed by atoms with van der Waals surface area (Å²) in [4.78, 5) is 6.42. The Labute approximate surface area is 112 Å². The van der Waals surface area contributed by atoms with Gasteiger partial charge in [0.2, 0.25) is 0 Å². The van der Waals surface area contributed by atoms with Gasteiger partial charge in [-0.3, -0.25) is 0 Å². The summed E-state index contributed by atoms with van der Waals surface area (Å²) in [6.07, 6.45) is 1.20. The average Bonchev–Trinajstić information content (AvgIpc) is 2.27. The molecule has 2 N–H and O–H groups in total. The van der Waals surface area contributed by atoms with Crippen LogP contribution in [0.2, 0.25) is 5.02 Å². The predicted molar refractivity (Wildman–Crippen MR) is 74.1 cm³/mol. The van der Waals surface area contributed by atoms with Crippen LogP contribution in [0.5, 0.6) is 5.75 Å². The van der Waals surface area contributed by atoms with E-state index < -0.39 is 0 Å². The Morgan fingerprint density at radius 3 is 2.83 bits per heavy atom. The van der Waals surface area contributed by atoms with Gasteiger partial charge in [-0.2, -0.15) is 0 Å². The topological polar surface area (TPSA) is 50.9 Å². The van der Waals surface area contributed by atoms with Crippen molar-refractivity contribution in [3.63, 3.8) is 0 Å². The van der Waals surface area contributed by atoms with Crippen LogP contribution in [-0.4, -0.2) is 30.6 Å². The first-order valence-electron chi connectivity index (χ1n) is 6.17. The number of guanidine groups is 1. The number of benzene rings is 1. The van der Waals surface area contributed by atoms with E-state index in [0.29, 0.717) is 29.9 Å². The van der Waals surface area contributed by atoms with E-state index in [9.17, 15) is 0 Å². The smallest absolute Gasteiger partial charge is 0.191 e. The van der Waals surface area contributed by atoms with Crippen LogP contribution < -0.4 is 10.5 Å². The molecule has 0 saturated carbocycles. The standard InChI is InChI=1S/C13H18ClN3O/c1-2-18-12-5-4-10(8-11(12)14)9-16-13(15)17-6-3-7-17/h4-5,8H,2-3,6-7,9H2,1H3,(H2,15,16). The molecule has 18 heavy (non-hydrogen) atoms. The lowest BCUT2D eigenvalue weighted by Gasteiger charge is -2.31. The van der Waals surface area contributed by atoms with Crippen LogP contribution in [0.25, 0.3) is 0 Å². The highest BCUT2D eigenvalue weighted by molar-refractivity contribution is 6.32. The Balaban J connectivity index is 1.99. The highest BCUT2D eigenvalue weighted by Crippen LogP contribution is 2.25. The van der Waals surface area contributed by atoms with Crippen LogP contribution in [0.1, 0.15) is 18.9 Å². The molecule has 0 spiro atoms. The number of nitrogens with zero attached hydrogens (tertiary/aromatic N) is 2. The summed E-state index contributed by atoms with van der Waals surface area (Å²) in [5.74, 6) is 1.33. The highest BCUT2D eigenvalue weighted by atomic mass is 35.5. The largest absolute Gasteiger partial charge is 0.492 e. The minimum Gasteiger partial charge on any atom is -0.492 e. The van der Waals surface area contributed by atoms with Crippen molar-refractivity contribution in [2.24, 2.45) is 10.7 Å². The van der Waals surface area contributed by atoms with Gasteiger partial charge in [0.1, 0.15) is 5.75 Å². The molecule has 4 nitrogen and oxygen atoms in total. The van der Waals surface area contributed by atoms with Crippen molar-refractivity contribution in [3.8, 4) is 5.75 Å². The molecule has 1 aromatic carbocycles. The fraction of sp³-hybridized carbons (Fsp3) is 0.462. The first kappa shape index (κ1) is 13.0. The van der Waals surface area contributed by atoms with Gasteiger partial charge >= 0.3 is 0 Å². The van der Waals surface area contributed by atoms with Crippen molar-refractivity contribution in [3.05, 3.63) is 28.8 Å². The molecule has 98 valence electrons. The summed E-state index contributed by atoms with van der Waals surface area (Å²) in [5.41, 5.74) is 6.89. The molecule has 0 atom stereocenters. The van der Waals surface area contributed by atoms with Crippen molar-refractivity contribution >= 4 is 17.6 Å². The predicted octanol–water partition coefficient (Wildman–Crippen LogP) is 2.26. The molecule has 1 aliphatic heterocycles. The third-order valence-corrected chi connectivity index (χ3v) is 3.20. The first-order chi connectivity index (χ1) is 8.70. The van der Waals surface area contributed by atoms with Crippen molar-refractivity contribution in [1.29, 1.82) is 0 Å². The molecule has 1 aromatic rings. The average molecular weight is 268 g/mol. The van der Waals surface area contributed by atoms with E-state index in [-0.39, 0.29) is 0 Å². The number of hydrogen-bond donors (Lipinski definition) is 1. The molecule has 5 heteroatoms. The second-order valence-corrected chi connectivity index (χ2v) is 4.62. The molecule has 0 amide bonds. The van der Waals surface area contributed by atoms with Crippen LogP contribution >= 0.6 is 11.6 Å². The van der Waals surface area contributed by atoms with Gasteiger partial charge in [0, 0.05) is 13.1 Å². The van der Waals surface area contributed by atoms with Crippen molar-refractivity contribution in [2.75, 3.05) is 19.7 Å². The number of rotatable bonds is 4. The van der Waals surface area contributed by atoms with Gasteiger partial charge in [0.15, 0.2) is 5.96 Å². The fourth-order valence-electron chi connectivity index (χ4n) is 1.73. The van der Waals surface area contributed by atoms with Crippen LogP contribution in [0, 0.1) is 0 Å². The Morgan fingerprint density at radius 2 is 2.28 bits per heavy atom. The molecular weight excluding hydrogens is 250 g/mol. The van der Waals surface area contributed by atoms with E-state index in [4.69, 9.17) is 22.1 Å². The van der Waals surface area contributed by atoms with Gasteiger partial charge in [0.05, 0.1) is 18.2 Å². The number of ether oxygens (including phenoxy) is 1. The summed E-state index contributed by atoms with van der Waals surface area (Å²) in [7, 11) is 0. The Kier molecular flexibility index (Phi) is 4.31. The third-order valence-electron chi connectivity index (χ3n) is 2.90. The zero-order valence-corrected chi connectivity index (χ0v) is 11.3. The summed E-state index contributed by atoms with van der Waals surface area (Å²) in [5, 5.41) is 0.618. The van der Waals surface area contributed by atoms with Crippen LogP contribution in [0.4, 0.5) is 0 Å². The molecule has 0 aromatic heterocycles. The Morgan fingerprint density at radius 1 is 1.50 bits per heavy atom. The lowest BCUT2D eigenvalue weighted by atomic mass is 10.2. The quantitative estimate of drug-likeness (QED) is 0.672. The van der Waals surface area contributed by atoms with Gasteiger partial charge in [-0.05, 0) is 31.0 Å². The van der Waals surface area contributed by atoms with Gasteiger partial charge in [0.25, 0.3) is 0 Å². The van der Waals surface area contributed by atoms with E-state index >= 15 is 0 Å². The normalized spacial score (nSPS) is 15.4. The first-order valence-corrected chi connectivity index (χ1v) is 6.54. The van der Waals surface area contributed by atoms with Gasteiger partial charge in [-0.1, -0.05) is 17.7 Å². The van der Waals surface area contributed by atoms with Crippen LogP contribution in [0.3, 0.4) is 0 Å². The van der Waals surface area contributed by atoms with Gasteiger partial charge < -0.3 is 15.4 Å². The van der Waals surface area contributed by atoms with E-state index in [2.05, 4.69) is 9.89 Å². The Bertz CT molecular complexity index is 444. The molecule has 1 saturated heterocycles. The lowest BCUT2D eigenvalue weighted by Crippen LogP contribution is -2.46. The second-order valence-electron chi connectivity index (χ2n) is 4.21. The maximum Gasteiger partial charge on any atom is 0.191 e. The molecule has 1 fully saturated rings. The number of aliphatic imine (C=N–C) groups is 1. The van der Waals surface area contributed by atoms with Gasteiger partial charge in [-0.25, -0.2) is 4.99 Å². The molecular formula is C13H18ClN3O. The molecule has 0 radical (unpaired) electrons. The number of likely N-dealkylation sites (tertiary alicyclic amines) is 1. The molecule has 1 aliphatic rings. The summed E-state index contributed by atoms with van der Waals surface area (Å²) < 4.78 is 5.38. The zero-order valence-electron chi connectivity index (χ0n) is 10.5. The van der Waals surface area contributed by atoms with Gasteiger partial charge in [-0.15, -0.1) is 0 Å². The SMILES string of the molecule is CCOc1ccc(CN=C(N)N2CCC2)cc1Cl. The minimum absolute atomic E-state index is 0.550. The van der Waals surface area contributed by atoms with Crippen molar-refractivity contribution < 1.29 is 4.74 Å². The number of hydrogen-bond acceptors (Lipinski definition) is 2. The minimum atomic E-state index is 0.550. The van der Waals surface area contributed by atoms with Crippen LogP contribution in [0.15, 0.2) is 23.2 Å². The zero-order chi connectivity index (χ0) is 13.0. The molecule has 1 heterocycles. The second kappa shape index (κ2) is 5.96. The lowest BCUT2D eigenvalue weighted by molar-refractivity contribution is 0.295. The van der Waals surface area contributed by atoms with E-state index in [1.54, 1.807) is 0 Å². The molecule has 0 aliphatic carbocycles. The number of halogens is 1. The summed E-state index contributed by atoms with van der Waals surface area (Å²) in [6, 6.07) is 5.71. The number of nitrogens with two attached hydrogens (primary N) is 1. The third kappa shape index (κ3) is 3.07. The summed E-state index contributed by atoms with van der Waals surface area (Å²) >= 11 is 6.11. The molecule has 0 unspecified atom stereocenters. The van der Waals surface area contributed by atoms with Crippen molar-refractivity contribution in [2.45, 2.75) is 19.9 Å². The van der Waals surface area contributed by atoms with E-state index in [1.807, 2.05) is 25.1 Å². The molecule has 0 bridgehead atoms. The maximum absolute atomic E-state index is 6.11. The maximum atomic E-state index is 6.11.